The topological polar surface area (TPSA) is 41.6 Å². The number of nitrogens with zero attached hydrogens (tertiary/aromatic N) is 2. The van der Waals surface area contributed by atoms with Crippen LogP contribution in [-0.4, -0.2) is 29.5 Å². The lowest BCUT2D eigenvalue weighted by molar-refractivity contribution is 0.252. The minimum absolute atomic E-state index is 0.563. The molecule has 0 aromatic rings. The Labute approximate surface area is 91.7 Å². The minimum atomic E-state index is 0.563. The summed E-state index contributed by atoms with van der Waals surface area (Å²) in [6.07, 6.45) is 9.41. The molecule has 84 valence electrons. The van der Waals surface area contributed by atoms with Gasteiger partial charge in [-0.3, -0.25) is 0 Å². The van der Waals surface area contributed by atoms with Crippen molar-refractivity contribution in [3.63, 3.8) is 0 Å². The molecule has 0 spiro atoms. The predicted molar refractivity (Wildman–Crippen MR) is 61.7 cm³/mol. The summed E-state index contributed by atoms with van der Waals surface area (Å²) >= 11 is 0. The SMILES string of the molecule is NC(=NC1CC1)N1CCC2CCCCC21. The van der Waals surface area contributed by atoms with E-state index in [9.17, 15) is 0 Å². The summed E-state index contributed by atoms with van der Waals surface area (Å²) < 4.78 is 0. The Morgan fingerprint density at radius 1 is 1.07 bits per heavy atom. The van der Waals surface area contributed by atoms with E-state index in [1.54, 1.807) is 0 Å². The van der Waals surface area contributed by atoms with Crippen molar-refractivity contribution < 1.29 is 0 Å². The average Bonchev–Trinajstić information content (AvgIpc) is 2.96. The smallest absolute Gasteiger partial charge is 0.191 e. The van der Waals surface area contributed by atoms with E-state index in [1.807, 2.05) is 0 Å². The van der Waals surface area contributed by atoms with E-state index in [0.29, 0.717) is 6.04 Å². The van der Waals surface area contributed by atoms with Crippen molar-refractivity contribution in [1.82, 2.24) is 4.90 Å². The van der Waals surface area contributed by atoms with Crippen molar-refractivity contribution in [2.75, 3.05) is 6.54 Å². The fourth-order valence-corrected chi connectivity index (χ4v) is 3.16. The summed E-state index contributed by atoms with van der Waals surface area (Å²) in [5.41, 5.74) is 6.10. The third kappa shape index (κ3) is 1.84. The van der Waals surface area contributed by atoms with E-state index in [2.05, 4.69) is 9.89 Å². The summed E-state index contributed by atoms with van der Waals surface area (Å²) in [5, 5.41) is 0. The second-order valence-electron chi connectivity index (χ2n) is 5.31. The molecule has 3 heteroatoms. The first-order valence-electron chi connectivity index (χ1n) is 6.44. The summed E-state index contributed by atoms with van der Waals surface area (Å²) in [4.78, 5) is 6.97. The zero-order valence-corrected chi connectivity index (χ0v) is 9.36. The van der Waals surface area contributed by atoms with Crippen molar-refractivity contribution in [2.45, 2.75) is 57.0 Å². The lowest BCUT2D eigenvalue weighted by Gasteiger charge is -2.32. The maximum absolute atomic E-state index is 6.10. The van der Waals surface area contributed by atoms with Crippen LogP contribution >= 0.6 is 0 Å². The zero-order chi connectivity index (χ0) is 10.3. The van der Waals surface area contributed by atoms with Gasteiger partial charge < -0.3 is 10.6 Å². The number of likely N-dealkylation sites (tertiary alicyclic amines) is 1. The summed E-state index contributed by atoms with van der Waals surface area (Å²) in [7, 11) is 0. The molecule has 0 radical (unpaired) electrons. The maximum Gasteiger partial charge on any atom is 0.191 e. The van der Waals surface area contributed by atoms with Crippen LogP contribution in [-0.2, 0) is 0 Å². The van der Waals surface area contributed by atoms with Gasteiger partial charge in [-0.15, -0.1) is 0 Å². The Morgan fingerprint density at radius 2 is 1.87 bits per heavy atom. The first kappa shape index (κ1) is 9.49. The molecule has 0 aromatic carbocycles. The van der Waals surface area contributed by atoms with Crippen LogP contribution in [0.4, 0.5) is 0 Å². The Bertz CT molecular complexity index is 270. The van der Waals surface area contributed by atoms with Gasteiger partial charge in [0.25, 0.3) is 0 Å². The number of aliphatic imine (C=N–C) groups is 1. The molecule has 0 aromatic heterocycles. The molecule has 0 bridgehead atoms. The normalized spacial score (nSPS) is 36.8. The highest BCUT2D eigenvalue weighted by molar-refractivity contribution is 5.79. The molecule has 2 saturated carbocycles. The first-order valence-corrected chi connectivity index (χ1v) is 6.44. The lowest BCUT2D eigenvalue weighted by Crippen LogP contribution is -2.43. The summed E-state index contributed by atoms with van der Waals surface area (Å²) in [6.45, 7) is 1.15. The second-order valence-corrected chi connectivity index (χ2v) is 5.31. The van der Waals surface area contributed by atoms with E-state index >= 15 is 0 Å². The molecule has 3 fully saturated rings. The van der Waals surface area contributed by atoms with Crippen LogP contribution in [0.15, 0.2) is 4.99 Å². The van der Waals surface area contributed by atoms with Crippen LogP contribution in [0.25, 0.3) is 0 Å². The predicted octanol–water partition coefficient (Wildman–Crippen LogP) is 1.73. The molecule has 2 aliphatic carbocycles. The molecule has 15 heavy (non-hydrogen) atoms. The quantitative estimate of drug-likeness (QED) is 0.525. The fourth-order valence-electron chi connectivity index (χ4n) is 3.16. The van der Waals surface area contributed by atoms with Crippen molar-refractivity contribution in [1.29, 1.82) is 0 Å². The van der Waals surface area contributed by atoms with Gasteiger partial charge in [0, 0.05) is 12.6 Å². The van der Waals surface area contributed by atoms with E-state index < -0.39 is 0 Å². The van der Waals surface area contributed by atoms with Crippen LogP contribution in [0.1, 0.15) is 44.9 Å². The Kier molecular flexibility index (Phi) is 2.33. The standard InChI is InChI=1S/C12H21N3/c13-12(14-10-5-6-10)15-8-7-9-3-1-2-4-11(9)15/h9-11H,1-8H2,(H2,13,14). The Balaban J connectivity index is 1.70. The number of guanidine groups is 1. The monoisotopic (exact) mass is 207 g/mol. The van der Waals surface area contributed by atoms with Crippen LogP contribution in [0, 0.1) is 5.92 Å². The van der Waals surface area contributed by atoms with Gasteiger partial charge in [-0.1, -0.05) is 12.8 Å². The average molecular weight is 207 g/mol. The van der Waals surface area contributed by atoms with Crippen molar-refractivity contribution in [3.8, 4) is 0 Å². The van der Waals surface area contributed by atoms with Crippen molar-refractivity contribution >= 4 is 5.96 Å². The van der Waals surface area contributed by atoms with E-state index in [-0.39, 0.29) is 0 Å². The van der Waals surface area contributed by atoms with Gasteiger partial charge in [-0.05, 0) is 38.0 Å². The summed E-state index contributed by atoms with van der Waals surface area (Å²) in [6, 6.07) is 1.29. The molecule has 1 saturated heterocycles. The molecule has 0 amide bonds. The van der Waals surface area contributed by atoms with Gasteiger partial charge in [0.2, 0.25) is 0 Å². The second kappa shape index (κ2) is 3.69. The van der Waals surface area contributed by atoms with Crippen LogP contribution in [0.2, 0.25) is 0 Å². The van der Waals surface area contributed by atoms with Gasteiger partial charge >= 0.3 is 0 Å². The van der Waals surface area contributed by atoms with Crippen LogP contribution < -0.4 is 5.73 Å². The molecule has 1 aliphatic heterocycles. The summed E-state index contributed by atoms with van der Waals surface area (Å²) in [5.74, 6) is 1.75. The Morgan fingerprint density at radius 3 is 2.67 bits per heavy atom. The van der Waals surface area contributed by atoms with E-state index in [1.165, 1.54) is 44.9 Å². The number of rotatable bonds is 1. The number of fused-ring (bicyclic) bond motifs is 1. The third-order valence-electron chi connectivity index (χ3n) is 4.17. The molecule has 2 unspecified atom stereocenters. The highest BCUT2D eigenvalue weighted by Crippen LogP contribution is 2.36. The molecule has 1 heterocycles. The van der Waals surface area contributed by atoms with Gasteiger partial charge in [-0.2, -0.15) is 0 Å². The van der Waals surface area contributed by atoms with Gasteiger partial charge in [-0.25, -0.2) is 4.99 Å². The highest BCUT2D eigenvalue weighted by Gasteiger charge is 2.37. The molecule has 2 N–H and O–H groups in total. The molecular weight excluding hydrogens is 186 g/mol. The number of nitrogens with two attached hydrogens (primary N) is 1. The van der Waals surface area contributed by atoms with Crippen LogP contribution in [0.5, 0.6) is 0 Å². The van der Waals surface area contributed by atoms with E-state index in [4.69, 9.17) is 5.73 Å². The number of hydrogen-bond acceptors (Lipinski definition) is 1. The maximum atomic E-state index is 6.10. The van der Waals surface area contributed by atoms with Gasteiger partial charge in [0.1, 0.15) is 0 Å². The van der Waals surface area contributed by atoms with Crippen molar-refractivity contribution in [2.24, 2.45) is 16.6 Å². The largest absolute Gasteiger partial charge is 0.370 e. The third-order valence-corrected chi connectivity index (χ3v) is 4.17. The minimum Gasteiger partial charge on any atom is -0.370 e. The molecule has 2 atom stereocenters. The number of hydrogen-bond donors (Lipinski definition) is 1. The highest BCUT2D eigenvalue weighted by atomic mass is 15.3. The molecule has 3 nitrogen and oxygen atoms in total. The van der Waals surface area contributed by atoms with Gasteiger partial charge in [0.05, 0.1) is 6.04 Å². The van der Waals surface area contributed by atoms with Crippen LogP contribution in [0.3, 0.4) is 0 Å². The van der Waals surface area contributed by atoms with E-state index in [0.717, 1.165) is 24.5 Å². The zero-order valence-electron chi connectivity index (χ0n) is 9.36. The molecule has 3 rings (SSSR count). The lowest BCUT2D eigenvalue weighted by atomic mass is 9.85. The molecule has 3 aliphatic rings. The fraction of sp³-hybridized carbons (Fsp3) is 0.917. The Hall–Kier alpha value is -0.730. The van der Waals surface area contributed by atoms with Gasteiger partial charge in [0.15, 0.2) is 5.96 Å². The molecular formula is C12H21N3. The van der Waals surface area contributed by atoms with Crippen molar-refractivity contribution in [3.05, 3.63) is 0 Å². The first-order chi connectivity index (χ1) is 7.34.